The van der Waals surface area contributed by atoms with E-state index in [1.54, 1.807) is 35.2 Å². The second-order valence-electron chi connectivity index (χ2n) is 7.90. The first-order chi connectivity index (χ1) is 14.4. The molecule has 0 aromatic heterocycles. The summed E-state index contributed by atoms with van der Waals surface area (Å²) in [6.07, 6.45) is -0.543. The van der Waals surface area contributed by atoms with Crippen molar-refractivity contribution >= 4 is 40.7 Å². The van der Waals surface area contributed by atoms with Crippen LogP contribution in [0.5, 0.6) is 0 Å². The Morgan fingerprint density at radius 2 is 1.60 bits per heavy atom. The van der Waals surface area contributed by atoms with Crippen LogP contribution in [0.15, 0.2) is 42.5 Å². The van der Waals surface area contributed by atoms with Crippen molar-refractivity contribution in [2.45, 2.75) is 18.7 Å². The quantitative estimate of drug-likeness (QED) is 0.744. The van der Waals surface area contributed by atoms with E-state index in [1.807, 2.05) is 12.1 Å². The van der Waals surface area contributed by atoms with E-state index in [2.05, 4.69) is 9.80 Å². The van der Waals surface area contributed by atoms with Crippen LogP contribution in [0.1, 0.15) is 15.9 Å². The fourth-order valence-electron chi connectivity index (χ4n) is 4.21. The van der Waals surface area contributed by atoms with E-state index in [1.165, 1.54) is 0 Å². The third kappa shape index (κ3) is 4.93. The number of aliphatic hydroxyl groups excluding tert-OH is 1. The third-order valence-corrected chi connectivity index (χ3v) is 6.76. The Hall–Kier alpha value is -1.34. The van der Waals surface area contributed by atoms with Crippen molar-refractivity contribution in [1.82, 2.24) is 14.7 Å². The average molecular weight is 469 g/mol. The molecular weight excluding hydrogens is 445 g/mol. The summed E-state index contributed by atoms with van der Waals surface area (Å²) in [5.74, 6) is -0.0655. The molecule has 0 bridgehead atoms. The monoisotopic (exact) mass is 467 g/mol. The van der Waals surface area contributed by atoms with Gasteiger partial charge in [-0.2, -0.15) is 0 Å². The van der Waals surface area contributed by atoms with Crippen LogP contribution in [-0.2, 0) is 6.54 Å². The Balaban J connectivity index is 1.32. The number of amides is 1. The standard InChI is InChI=1S/C22H24Cl3N3O2/c23-17-4-1-15(2-5-17)22(30)28-13-20(21(29)14-28)27-9-7-26(8-10-27)12-16-3-6-18(24)11-19(16)25/h1-6,11,20-21,29H,7-10,12-14H2/t20-,21-/m0/s1. The molecule has 2 saturated heterocycles. The Bertz CT molecular complexity index is 901. The molecule has 160 valence electrons. The lowest BCUT2D eigenvalue weighted by Crippen LogP contribution is -2.53. The van der Waals surface area contributed by atoms with Gasteiger partial charge in [-0.25, -0.2) is 0 Å². The van der Waals surface area contributed by atoms with Crippen molar-refractivity contribution in [3.8, 4) is 0 Å². The lowest BCUT2D eigenvalue weighted by Gasteiger charge is -2.38. The highest BCUT2D eigenvalue weighted by Gasteiger charge is 2.38. The molecule has 0 aliphatic carbocycles. The summed E-state index contributed by atoms with van der Waals surface area (Å²) in [6, 6.07) is 12.4. The van der Waals surface area contributed by atoms with Crippen molar-refractivity contribution in [2.24, 2.45) is 0 Å². The smallest absolute Gasteiger partial charge is 0.253 e. The van der Waals surface area contributed by atoms with Crippen molar-refractivity contribution < 1.29 is 9.90 Å². The minimum atomic E-state index is -0.543. The molecule has 2 heterocycles. The number of nitrogens with zero attached hydrogens (tertiary/aromatic N) is 3. The predicted octanol–water partition coefficient (Wildman–Crippen LogP) is 3.65. The average Bonchev–Trinajstić information content (AvgIpc) is 3.12. The van der Waals surface area contributed by atoms with Crippen LogP contribution < -0.4 is 0 Å². The van der Waals surface area contributed by atoms with Gasteiger partial charge in [-0.3, -0.25) is 14.6 Å². The minimum Gasteiger partial charge on any atom is -0.390 e. The number of carbonyl (C=O) groups excluding carboxylic acids is 1. The summed E-state index contributed by atoms with van der Waals surface area (Å²) >= 11 is 18.2. The second kappa shape index (κ2) is 9.43. The maximum absolute atomic E-state index is 12.8. The van der Waals surface area contributed by atoms with E-state index in [9.17, 15) is 9.90 Å². The second-order valence-corrected chi connectivity index (χ2v) is 9.18. The molecule has 1 amide bonds. The lowest BCUT2D eigenvalue weighted by atomic mass is 10.1. The van der Waals surface area contributed by atoms with Crippen LogP contribution >= 0.6 is 34.8 Å². The maximum Gasteiger partial charge on any atom is 0.253 e. The van der Waals surface area contributed by atoms with Crippen LogP contribution in [-0.4, -0.2) is 77.1 Å². The topological polar surface area (TPSA) is 47.0 Å². The molecular formula is C22H24Cl3N3O2. The highest BCUT2D eigenvalue weighted by Crippen LogP contribution is 2.24. The van der Waals surface area contributed by atoms with E-state index in [0.29, 0.717) is 33.7 Å². The molecule has 2 aliphatic heterocycles. The summed E-state index contributed by atoms with van der Waals surface area (Å²) in [6.45, 7) is 5.11. The number of rotatable bonds is 4. The number of piperazine rings is 1. The summed E-state index contributed by atoms with van der Waals surface area (Å²) < 4.78 is 0. The molecule has 5 nitrogen and oxygen atoms in total. The van der Waals surface area contributed by atoms with Crippen LogP contribution in [0.3, 0.4) is 0 Å². The summed E-state index contributed by atoms with van der Waals surface area (Å²) in [4.78, 5) is 19.1. The lowest BCUT2D eigenvalue weighted by molar-refractivity contribution is 0.0423. The van der Waals surface area contributed by atoms with E-state index >= 15 is 0 Å². The Morgan fingerprint density at radius 3 is 2.27 bits per heavy atom. The summed E-state index contributed by atoms with van der Waals surface area (Å²) in [5.41, 5.74) is 1.66. The maximum atomic E-state index is 12.8. The molecule has 30 heavy (non-hydrogen) atoms. The van der Waals surface area contributed by atoms with Gasteiger partial charge in [0, 0.05) is 66.4 Å². The first kappa shape index (κ1) is 21.9. The van der Waals surface area contributed by atoms with Crippen LogP contribution in [0.2, 0.25) is 15.1 Å². The van der Waals surface area contributed by atoms with Gasteiger partial charge in [0.1, 0.15) is 0 Å². The molecule has 2 fully saturated rings. The zero-order chi connectivity index (χ0) is 21.3. The number of carbonyl (C=O) groups is 1. The predicted molar refractivity (Wildman–Crippen MR) is 120 cm³/mol. The Morgan fingerprint density at radius 1 is 0.933 bits per heavy atom. The number of aliphatic hydroxyl groups is 1. The van der Waals surface area contributed by atoms with Crippen molar-refractivity contribution in [2.75, 3.05) is 39.3 Å². The molecule has 0 spiro atoms. The van der Waals surface area contributed by atoms with Gasteiger partial charge >= 0.3 is 0 Å². The van der Waals surface area contributed by atoms with Gasteiger partial charge in [0.2, 0.25) is 0 Å². The molecule has 2 atom stereocenters. The first-order valence-electron chi connectivity index (χ1n) is 10.0. The van der Waals surface area contributed by atoms with Gasteiger partial charge in [-0.1, -0.05) is 40.9 Å². The van der Waals surface area contributed by atoms with Crippen molar-refractivity contribution in [3.63, 3.8) is 0 Å². The van der Waals surface area contributed by atoms with Crippen LogP contribution in [0.25, 0.3) is 0 Å². The van der Waals surface area contributed by atoms with E-state index in [-0.39, 0.29) is 11.9 Å². The van der Waals surface area contributed by atoms with Gasteiger partial charge in [0.15, 0.2) is 0 Å². The fraction of sp³-hybridized carbons (Fsp3) is 0.409. The zero-order valence-corrected chi connectivity index (χ0v) is 18.7. The first-order valence-corrected chi connectivity index (χ1v) is 11.2. The SMILES string of the molecule is O=C(c1ccc(Cl)cc1)N1C[C@H](O)[C@@H](N2CCN(Cc3ccc(Cl)cc3Cl)CC2)C1. The molecule has 8 heteroatoms. The fourth-order valence-corrected chi connectivity index (χ4v) is 4.81. The van der Waals surface area contributed by atoms with E-state index in [4.69, 9.17) is 34.8 Å². The number of likely N-dealkylation sites (tertiary alicyclic amines) is 1. The molecule has 2 aliphatic rings. The number of hydrogen-bond acceptors (Lipinski definition) is 4. The van der Waals surface area contributed by atoms with Crippen LogP contribution in [0, 0.1) is 0 Å². The van der Waals surface area contributed by atoms with Gasteiger partial charge < -0.3 is 10.0 Å². The van der Waals surface area contributed by atoms with Crippen molar-refractivity contribution in [1.29, 1.82) is 0 Å². The summed E-state index contributed by atoms with van der Waals surface area (Å²) in [5, 5.41) is 12.5. The number of hydrogen-bond donors (Lipinski definition) is 1. The molecule has 2 aromatic carbocycles. The number of halogens is 3. The van der Waals surface area contributed by atoms with Crippen LogP contribution in [0.4, 0.5) is 0 Å². The Labute approximate surface area is 191 Å². The molecule has 0 unspecified atom stereocenters. The molecule has 0 saturated carbocycles. The number of β-amino-alcohol motifs (C(OH)–C–C–N with tert-alkyl or cyclic N) is 1. The molecule has 1 N–H and O–H groups in total. The number of benzene rings is 2. The van der Waals surface area contributed by atoms with E-state index in [0.717, 1.165) is 38.3 Å². The normalized spacial score (nSPS) is 23.1. The summed E-state index contributed by atoms with van der Waals surface area (Å²) in [7, 11) is 0. The van der Waals surface area contributed by atoms with Gasteiger partial charge in [-0.05, 0) is 42.0 Å². The largest absolute Gasteiger partial charge is 0.390 e. The van der Waals surface area contributed by atoms with Gasteiger partial charge in [0.05, 0.1) is 12.1 Å². The highest BCUT2D eigenvalue weighted by molar-refractivity contribution is 6.35. The highest BCUT2D eigenvalue weighted by atomic mass is 35.5. The Kier molecular flexibility index (Phi) is 6.88. The third-order valence-electron chi connectivity index (χ3n) is 5.92. The van der Waals surface area contributed by atoms with Gasteiger partial charge in [0.25, 0.3) is 5.91 Å². The molecule has 4 rings (SSSR count). The van der Waals surface area contributed by atoms with Crippen molar-refractivity contribution in [3.05, 3.63) is 68.7 Å². The zero-order valence-electron chi connectivity index (χ0n) is 16.5. The van der Waals surface area contributed by atoms with Gasteiger partial charge in [-0.15, -0.1) is 0 Å². The van der Waals surface area contributed by atoms with E-state index < -0.39 is 6.10 Å². The minimum absolute atomic E-state index is 0.0393. The molecule has 2 aromatic rings. The molecule has 0 radical (unpaired) electrons.